The molecule has 4 atom stereocenters. The van der Waals surface area contributed by atoms with E-state index in [4.69, 9.17) is 31.8 Å². The zero-order chi connectivity index (χ0) is 36.0. The van der Waals surface area contributed by atoms with E-state index in [2.05, 4.69) is 9.88 Å². The summed E-state index contributed by atoms with van der Waals surface area (Å²) in [5.41, 5.74) is 5.04. The third kappa shape index (κ3) is 5.68. The van der Waals surface area contributed by atoms with Crippen molar-refractivity contribution < 1.29 is 27.4 Å². The monoisotopic (exact) mass is 739 g/mol. The Labute approximate surface area is 301 Å². The summed E-state index contributed by atoms with van der Waals surface area (Å²) in [7, 11) is 0. The van der Waals surface area contributed by atoms with Crippen LogP contribution in [-0.2, 0) is 4.74 Å². The van der Waals surface area contributed by atoms with Gasteiger partial charge in [-0.05, 0) is 70.7 Å². The van der Waals surface area contributed by atoms with Gasteiger partial charge in [0.2, 0.25) is 0 Å². The van der Waals surface area contributed by atoms with Crippen molar-refractivity contribution in [3.8, 4) is 23.2 Å². The molecule has 4 aliphatic rings. The summed E-state index contributed by atoms with van der Waals surface area (Å²) in [4.78, 5) is 28.6. The lowest BCUT2D eigenvalue weighted by molar-refractivity contribution is 0.0122. The van der Waals surface area contributed by atoms with E-state index < -0.39 is 28.9 Å². The van der Waals surface area contributed by atoms with Crippen molar-refractivity contribution in [2.75, 3.05) is 43.4 Å². The van der Waals surface area contributed by atoms with E-state index in [1.165, 1.54) is 12.1 Å². The van der Waals surface area contributed by atoms with Crippen LogP contribution in [0.3, 0.4) is 0 Å². The number of nitrogens with two attached hydrogens (primary N) is 1. The molecular weight excluding hydrogens is 703 g/mol. The van der Waals surface area contributed by atoms with E-state index >= 15 is 4.39 Å². The molecular formula is C36H37ClF3N7O3S. The smallest absolute Gasteiger partial charge is 0.410 e. The number of nitriles is 1. The number of alkyl halides is 1. The van der Waals surface area contributed by atoms with Gasteiger partial charge in [0.05, 0.1) is 32.9 Å². The summed E-state index contributed by atoms with van der Waals surface area (Å²) in [6.45, 7) is 7.56. The maximum absolute atomic E-state index is 17.1. The summed E-state index contributed by atoms with van der Waals surface area (Å²) in [6, 6.07) is 5.78. The van der Waals surface area contributed by atoms with Crippen molar-refractivity contribution in [1.29, 1.82) is 5.26 Å². The lowest BCUT2D eigenvalue weighted by atomic mass is 9.95. The predicted molar refractivity (Wildman–Crippen MR) is 190 cm³/mol. The number of hydrogen-bond acceptors (Lipinski definition) is 10. The van der Waals surface area contributed by atoms with Crippen molar-refractivity contribution >= 4 is 60.8 Å². The van der Waals surface area contributed by atoms with Crippen LogP contribution in [0.4, 0.5) is 28.8 Å². The quantitative estimate of drug-likeness (QED) is 0.223. The molecule has 2 N–H and O–H groups in total. The molecule has 2 aromatic carbocycles. The third-order valence-corrected chi connectivity index (χ3v) is 12.0. The molecule has 2 bridgehead atoms. The van der Waals surface area contributed by atoms with E-state index in [1.54, 1.807) is 11.0 Å². The van der Waals surface area contributed by atoms with E-state index in [-0.39, 0.29) is 73.1 Å². The van der Waals surface area contributed by atoms with Gasteiger partial charge in [-0.2, -0.15) is 15.2 Å². The summed E-state index contributed by atoms with van der Waals surface area (Å²) in [5, 5.41) is 10.5. The van der Waals surface area contributed by atoms with Crippen LogP contribution in [0.15, 0.2) is 18.2 Å². The molecule has 10 nitrogen and oxygen atoms in total. The second-order valence-electron chi connectivity index (χ2n) is 15.1. The van der Waals surface area contributed by atoms with E-state index in [0.717, 1.165) is 43.6 Å². The number of hydrogen-bond donors (Lipinski definition) is 1. The topological polar surface area (TPSA) is 121 Å². The molecule has 2 unspecified atom stereocenters. The van der Waals surface area contributed by atoms with Crippen LogP contribution in [0.1, 0.15) is 58.4 Å². The number of thiophene rings is 1. The number of piperazine rings is 1. The first-order valence-electron chi connectivity index (χ1n) is 17.2. The summed E-state index contributed by atoms with van der Waals surface area (Å²) < 4.78 is 58.8. The van der Waals surface area contributed by atoms with Crippen molar-refractivity contribution in [1.82, 2.24) is 19.8 Å². The van der Waals surface area contributed by atoms with Gasteiger partial charge in [-0.25, -0.2) is 18.0 Å². The number of amides is 1. The number of carbonyl (C=O) groups is 1. The van der Waals surface area contributed by atoms with Gasteiger partial charge in [-0.15, -0.1) is 11.3 Å². The fraction of sp³-hybridized carbons (Fsp3) is 0.500. The Bertz CT molecular complexity index is 2120. The Hall–Kier alpha value is -4.06. The molecule has 8 rings (SSSR count). The maximum Gasteiger partial charge on any atom is 0.410 e. The molecule has 51 heavy (non-hydrogen) atoms. The number of nitrogens with zero attached hydrogens (tertiary/aromatic N) is 6. The highest BCUT2D eigenvalue weighted by Gasteiger charge is 2.50. The Morgan fingerprint density at radius 3 is 2.65 bits per heavy atom. The van der Waals surface area contributed by atoms with Gasteiger partial charge in [-0.3, -0.25) is 9.80 Å². The highest BCUT2D eigenvalue weighted by atomic mass is 35.5. The predicted octanol–water partition coefficient (Wildman–Crippen LogP) is 7.44. The summed E-state index contributed by atoms with van der Waals surface area (Å²) in [5.74, 6) is -0.999. The van der Waals surface area contributed by atoms with Crippen LogP contribution < -0.4 is 15.4 Å². The fourth-order valence-corrected chi connectivity index (χ4v) is 9.80. The Morgan fingerprint density at radius 1 is 1.20 bits per heavy atom. The van der Waals surface area contributed by atoms with E-state index in [1.807, 2.05) is 31.7 Å². The molecule has 4 fully saturated rings. The minimum absolute atomic E-state index is 0.0101. The molecule has 4 saturated heterocycles. The Morgan fingerprint density at radius 2 is 1.94 bits per heavy atom. The second-order valence-corrected chi connectivity index (χ2v) is 16.5. The number of carbonyl (C=O) groups excluding carboxylic acids is 1. The Kier molecular flexibility index (Phi) is 8.20. The third-order valence-electron chi connectivity index (χ3n) is 10.7. The summed E-state index contributed by atoms with van der Waals surface area (Å²) in [6.07, 6.45) is 2.22. The van der Waals surface area contributed by atoms with Crippen molar-refractivity contribution in [2.24, 2.45) is 0 Å². The number of fused-ring (bicyclic) bond motifs is 5. The highest BCUT2D eigenvalue weighted by Crippen LogP contribution is 2.47. The highest BCUT2D eigenvalue weighted by molar-refractivity contribution is 7.23. The Balaban J connectivity index is 1.24. The first kappa shape index (κ1) is 34.0. The van der Waals surface area contributed by atoms with Crippen LogP contribution in [-0.4, -0.2) is 88.0 Å². The van der Waals surface area contributed by atoms with E-state index in [0.29, 0.717) is 37.3 Å². The first-order chi connectivity index (χ1) is 24.3. The lowest BCUT2D eigenvalue weighted by Crippen LogP contribution is -2.57. The molecule has 4 aliphatic heterocycles. The average Bonchev–Trinajstić information content (AvgIpc) is 3.78. The normalized spacial score (nSPS) is 24.8. The van der Waals surface area contributed by atoms with Gasteiger partial charge in [0.25, 0.3) is 0 Å². The molecule has 0 aliphatic carbocycles. The lowest BCUT2D eigenvalue weighted by Gasteiger charge is -2.42. The van der Waals surface area contributed by atoms with Crippen molar-refractivity contribution in [2.45, 2.75) is 82.3 Å². The minimum atomic E-state index is -0.960. The fourth-order valence-electron chi connectivity index (χ4n) is 8.56. The standard InChI is InChI=1S/C36H37ClF3N7O3S/c1-35(2,3)50-34(48)47-19-5-6-20(47)16-45(15-19)32-22-11-24(37)27(21-7-8-25(39)30-26(21)23(13-41)31(42)51-30)28(40)29(22)43-33(44-32)49-17-36-9-4-10-46(36)14-18(38)12-36/h7-8,11,18-20H,4-6,9-10,12,14-17,42H2,1-3H3/t18-,19?,20?,36+/m1/s1. The van der Waals surface area contributed by atoms with Crippen LogP contribution in [0.25, 0.3) is 32.1 Å². The van der Waals surface area contributed by atoms with Gasteiger partial charge < -0.3 is 20.1 Å². The molecule has 268 valence electrons. The molecule has 0 spiro atoms. The van der Waals surface area contributed by atoms with Crippen LogP contribution in [0.2, 0.25) is 5.02 Å². The second kappa shape index (κ2) is 12.3. The van der Waals surface area contributed by atoms with Gasteiger partial charge in [0.1, 0.15) is 46.6 Å². The molecule has 0 radical (unpaired) electrons. The number of ether oxygens (including phenoxy) is 2. The first-order valence-corrected chi connectivity index (χ1v) is 18.4. The van der Waals surface area contributed by atoms with Crippen LogP contribution in [0.5, 0.6) is 6.01 Å². The molecule has 2 aromatic heterocycles. The molecule has 4 aromatic rings. The zero-order valence-corrected chi connectivity index (χ0v) is 30.0. The van der Waals surface area contributed by atoms with E-state index in [9.17, 15) is 18.8 Å². The van der Waals surface area contributed by atoms with Crippen LogP contribution >= 0.6 is 22.9 Å². The van der Waals surface area contributed by atoms with Crippen molar-refractivity contribution in [3.05, 3.63) is 40.4 Å². The van der Waals surface area contributed by atoms with Crippen molar-refractivity contribution in [3.63, 3.8) is 0 Å². The molecule has 0 saturated carbocycles. The van der Waals surface area contributed by atoms with Gasteiger partial charge >= 0.3 is 12.1 Å². The SMILES string of the molecule is CC(C)(C)OC(=O)N1C2CCC1CN(c1nc(OC[C@@]34CCCN3C[C@H](F)C4)nc3c(F)c(-c4ccc(F)c5sc(N)c(C#N)c45)c(Cl)cc13)C2. The number of rotatable bonds is 5. The number of aromatic nitrogens is 2. The number of halogens is 4. The largest absolute Gasteiger partial charge is 0.461 e. The average molecular weight is 740 g/mol. The number of nitrogen functional groups attached to an aromatic ring is 1. The minimum Gasteiger partial charge on any atom is -0.461 e. The zero-order valence-electron chi connectivity index (χ0n) is 28.4. The number of anilines is 2. The van der Waals surface area contributed by atoms with Gasteiger partial charge in [0.15, 0.2) is 5.82 Å². The van der Waals surface area contributed by atoms with Crippen LogP contribution in [0, 0.1) is 23.0 Å². The van der Waals surface area contributed by atoms with Gasteiger partial charge in [0, 0.05) is 42.4 Å². The number of benzene rings is 2. The molecule has 1 amide bonds. The molecule has 6 heterocycles. The summed E-state index contributed by atoms with van der Waals surface area (Å²) >= 11 is 7.80. The van der Waals surface area contributed by atoms with Gasteiger partial charge in [-0.1, -0.05) is 17.7 Å². The molecule has 15 heteroatoms. The maximum atomic E-state index is 17.1.